The molecule has 0 saturated heterocycles. The molecular weight excluding hydrogens is 272 g/mol. The van der Waals surface area contributed by atoms with Gasteiger partial charge in [0.15, 0.2) is 0 Å². The van der Waals surface area contributed by atoms with E-state index in [1.807, 2.05) is 6.08 Å². The van der Waals surface area contributed by atoms with Crippen molar-refractivity contribution in [1.82, 2.24) is 0 Å². The summed E-state index contributed by atoms with van der Waals surface area (Å²) in [6.45, 7) is 2.18. The van der Waals surface area contributed by atoms with Crippen LogP contribution in [0.25, 0.3) is 0 Å². The summed E-state index contributed by atoms with van der Waals surface area (Å²) in [6, 6.07) is 0. The van der Waals surface area contributed by atoms with Crippen molar-refractivity contribution in [3.8, 4) is 0 Å². The average Bonchev–Trinajstić information content (AvgIpc) is 2.50. The van der Waals surface area contributed by atoms with Gasteiger partial charge in [0.25, 0.3) is 0 Å². The topological polar surface area (TPSA) is 37.3 Å². The molecule has 1 N–H and O–H groups in total. The molecule has 0 heterocycles. The van der Waals surface area contributed by atoms with Gasteiger partial charge in [0.05, 0.1) is 6.42 Å². The van der Waals surface area contributed by atoms with Gasteiger partial charge in [-0.25, -0.2) is 0 Å². The van der Waals surface area contributed by atoms with Crippen LogP contribution in [-0.4, -0.2) is 11.1 Å². The number of hydrogen-bond donors (Lipinski definition) is 1. The molecule has 0 aromatic rings. The minimum absolute atomic E-state index is 0.152. The Labute approximate surface area is 137 Å². The zero-order chi connectivity index (χ0) is 16.3. The Morgan fingerprint density at radius 3 is 1.55 bits per heavy atom. The first-order chi connectivity index (χ1) is 10.8. The monoisotopic (exact) mass is 306 g/mol. The van der Waals surface area contributed by atoms with Crippen molar-refractivity contribution < 1.29 is 9.90 Å². The average molecular weight is 306 g/mol. The van der Waals surface area contributed by atoms with E-state index in [9.17, 15) is 4.79 Å². The van der Waals surface area contributed by atoms with Gasteiger partial charge in [-0.3, -0.25) is 4.79 Å². The number of unbranched alkanes of at least 4 members (excludes halogenated alkanes) is 8. The third kappa shape index (κ3) is 18.7. The predicted molar refractivity (Wildman–Crippen MR) is 96.1 cm³/mol. The molecule has 0 bridgehead atoms. The second kappa shape index (κ2) is 17.7. The summed E-state index contributed by atoms with van der Waals surface area (Å²) in [4.78, 5) is 10.3. The van der Waals surface area contributed by atoms with E-state index in [4.69, 9.17) is 5.11 Å². The van der Waals surface area contributed by atoms with E-state index in [2.05, 4.69) is 31.2 Å². The number of rotatable bonds is 15. The SMILES string of the molecule is CCC=CCCCCC=CCCCCCCC=CCC(=O)O. The zero-order valence-corrected chi connectivity index (χ0v) is 14.3. The van der Waals surface area contributed by atoms with Crippen LogP contribution in [0.5, 0.6) is 0 Å². The molecule has 0 aliphatic carbocycles. The second-order valence-electron chi connectivity index (χ2n) is 5.70. The predicted octanol–water partition coefficient (Wildman–Crippen LogP) is 6.44. The first-order valence-electron chi connectivity index (χ1n) is 8.94. The van der Waals surface area contributed by atoms with Gasteiger partial charge in [-0.05, 0) is 57.8 Å². The number of hydrogen-bond acceptors (Lipinski definition) is 1. The summed E-state index contributed by atoms with van der Waals surface area (Å²) in [7, 11) is 0. The van der Waals surface area contributed by atoms with Gasteiger partial charge in [-0.2, -0.15) is 0 Å². The first-order valence-corrected chi connectivity index (χ1v) is 8.94. The lowest BCUT2D eigenvalue weighted by Gasteiger charge is -1.97. The van der Waals surface area contributed by atoms with E-state index in [1.54, 1.807) is 6.08 Å². The fourth-order valence-electron chi connectivity index (χ4n) is 2.22. The van der Waals surface area contributed by atoms with Crippen LogP contribution in [0.4, 0.5) is 0 Å². The van der Waals surface area contributed by atoms with Crippen LogP contribution in [-0.2, 0) is 4.79 Å². The van der Waals surface area contributed by atoms with Crippen LogP contribution in [0.15, 0.2) is 36.5 Å². The van der Waals surface area contributed by atoms with Gasteiger partial charge in [0.2, 0.25) is 0 Å². The summed E-state index contributed by atoms with van der Waals surface area (Å²) in [6.07, 6.45) is 26.5. The van der Waals surface area contributed by atoms with Crippen LogP contribution < -0.4 is 0 Å². The van der Waals surface area contributed by atoms with Crippen LogP contribution in [0.2, 0.25) is 0 Å². The first kappa shape index (κ1) is 20.7. The lowest BCUT2D eigenvalue weighted by atomic mass is 10.1. The molecule has 0 rings (SSSR count). The smallest absolute Gasteiger partial charge is 0.307 e. The van der Waals surface area contributed by atoms with E-state index < -0.39 is 5.97 Å². The van der Waals surface area contributed by atoms with Crippen LogP contribution in [0.1, 0.15) is 84.0 Å². The fraction of sp³-hybridized carbons (Fsp3) is 0.650. The molecule has 22 heavy (non-hydrogen) atoms. The Morgan fingerprint density at radius 1 is 0.682 bits per heavy atom. The Kier molecular flexibility index (Phi) is 16.7. The second-order valence-corrected chi connectivity index (χ2v) is 5.70. The maximum absolute atomic E-state index is 10.3. The number of carboxylic acids is 1. The molecule has 0 unspecified atom stereocenters. The molecule has 0 aliphatic rings. The van der Waals surface area contributed by atoms with Crippen LogP contribution in [0, 0.1) is 0 Å². The maximum Gasteiger partial charge on any atom is 0.307 e. The van der Waals surface area contributed by atoms with Crippen LogP contribution in [0.3, 0.4) is 0 Å². The molecule has 0 radical (unpaired) electrons. The summed E-state index contributed by atoms with van der Waals surface area (Å²) in [5.41, 5.74) is 0. The van der Waals surface area contributed by atoms with E-state index in [0.29, 0.717) is 0 Å². The molecule has 0 saturated carbocycles. The summed E-state index contributed by atoms with van der Waals surface area (Å²) in [5.74, 6) is -0.750. The Balaban J connectivity index is 3.19. The maximum atomic E-state index is 10.3. The van der Waals surface area contributed by atoms with Crippen molar-refractivity contribution in [3.05, 3.63) is 36.5 Å². The molecule has 0 amide bonds. The van der Waals surface area contributed by atoms with Gasteiger partial charge in [0, 0.05) is 0 Å². The zero-order valence-electron chi connectivity index (χ0n) is 14.3. The van der Waals surface area contributed by atoms with Gasteiger partial charge < -0.3 is 5.11 Å². The molecule has 0 spiro atoms. The summed E-state index contributed by atoms with van der Waals surface area (Å²) < 4.78 is 0. The van der Waals surface area contributed by atoms with Gasteiger partial charge in [-0.1, -0.05) is 56.2 Å². The number of aliphatic carboxylic acids is 1. The largest absolute Gasteiger partial charge is 0.481 e. The Hall–Kier alpha value is -1.31. The van der Waals surface area contributed by atoms with Crippen LogP contribution >= 0.6 is 0 Å². The van der Waals surface area contributed by atoms with E-state index in [0.717, 1.165) is 12.8 Å². The lowest BCUT2D eigenvalue weighted by Crippen LogP contribution is -1.89. The van der Waals surface area contributed by atoms with Crippen molar-refractivity contribution >= 4 is 5.97 Å². The number of carbonyl (C=O) groups is 1. The fourth-order valence-corrected chi connectivity index (χ4v) is 2.22. The highest BCUT2D eigenvalue weighted by atomic mass is 16.4. The molecule has 2 heteroatoms. The lowest BCUT2D eigenvalue weighted by molar-refractivity contribution is -0.136. The highest BCUT2D eigenvalue weighted by Gasteiger charge is 1.90. The minimum atomic E-state index is -0.750. The number of allylic oxidation sites excluding steroid dienone is 5. The van der Waals surface area contributed by atoms with Crippen molar-refractivity contribution in [2.75, 3.05) is 0 Å². The molecule has 0 aliphatic heterocycles. The third-order valence-electron chi connectivity index (χ3n) is 3.51. The van der Waals surface area contributed by atoms with Gasteiger partial charge in [0.1, 0.15) is 0 Å². The van der Waals surface area contributed by atoms with Crippen molar-refractivity contribution in [2.45, 2.75) is 84.0 Å². The van der Waals surface area contributed by atoms with Gasteiger partial charge in [-0.15, -0.1) is 0 Å². The van der Waals surface area contributed by atoms with Gasteiger partial charge >= 0.3 is 5.97 Å². The molecular formula is C20H34O2. The quantitative estimate of drug-likeness (QED) is 0.279. The molecule has 2 nitrogen and oxygen atoms in total. The van der Waals surface area contributed by atoms with E-state index in [-0.39, 0.29) is 6.42 Å². The van der Waals surface area contributed by atoms with E-state index >= 15 is 0 Å². The molecule has 0 aromatic carbocycles. The molecule has 0 fully saturated rings. The highest BCUT2D eigenvalue weighted by molar-refractivity contribution is 5.68. The van der Waals surface area contributed by atoms with Crippen molar-refractivity contribution in [2.24, 2.45) is 0 Å². The van der Waals surface area contributed by atoms with E-state index in [1.165, 1.54) is 57.8 Å². The third-order valence-corrected chi connectivity index (χ3v) is 3.51. The summed E-state index contributed by atoms with van der Waals surface area (Å²) in [5, 5.41) is 8.48. The number of carboxylic acid groups (broad SMARTS) is 1. The standard InChI is InChI=1S/C20H34O2/c1-2-3-4-5-6-7-8-9-10-11-12-13-14-15-16-17-18-19-20(21)22/h3-4,9-10,17-18H,2,5-8,11-16,19H2,1H3,(H,21,22). The normalized spacial score (nSPS) is 12.0. The molecule has 0 atom stereocenters. The van der Waals surface area contributed by atoms with Crippen molar-refractivity contribution in [3.63, 3.8) is 0 Å². The molecule has 0 aromatic heterocycles. The Bertz CT molecular complexity index is 327. The highest BCUT2D eigenvalue weighted by Crippen LogP contribution is 2.08. The van der Waals surface area contributed by atoms with Crippen molar-refractivity contribution in [1.29, 1.82) is 0 Å². The minimum Gasteiger partial charge on any atom is -0.481 e. The summed E-state index contributed by atoms with van der Waals surface area (Å²) >= 11 is 0. The molecule has 126 valence electrons. The Morgan fingerprint density at radius 2 is 1.09 bits per heavy atom.